The first kappa shape index (κ1) is 14.3. The molecule has 0 aliphatic heterocycles. The topological polar surface area (TPSA) is 42.0 Å². The van der Waals surface area contributed by atoms with Gasteiger partial charge in [-0.1, -0.05) is 36.4 Å². The predicted octanol–water partition coefficient (Wildman–Crippen LogP) is 5.73. The fourth-order valence-corrected chi connectivity index (χ4v) is 2.60. The Morgan fingerprint density at radius 3 is 2.21 bits per heavy atom. The summed E-state index contributed by atoms with van der Waals surface area (Å²) in [4.78, 5) is 4.71. The summed E-state index contributed by atoms with van der Waals surface area (Å²) in [6.07, 6.45) is 4.06. The summed E-state index contributed by atoms with van der Waals surface area (Å²) in [6, 6.07) is 21.8. The van der Waals surface area contributed by atoms with Gasteiger partial charge in [-0.2, -0.15) is 10.2 Å². The van der Waals surface area contributed by atoms with E-state index < -0.39 is 0 Å². The van der Waals surface area contributed by atoms with Crippen LogP contribution in [0.3, 0.4) is 0 Å². The van der Waals surface area contributed by atoms with Gasteiger partial charge in [0, 0.05) is 18.0 Å². The van der Waals surface area contributed by atoms with E-state index in [1.165, 1.54) is 0 Å². The fourth-order valence-electron chi connectivity index (χ4n) is 2.60. The number of hydrogen-bond donors (Lipinski definition) is 0. The van der Waals surface area contributed by atoms with Gasteiger partial charge in [-0.05, 0) is 42.8 Å². The Balaban J connectivity index is 1.61. The molecule has 4 aromatic rings. The van der Waals surface area contributed by atoms with Crippen molar-refractivity contribution < 1.29 is 0 Å². The van der Waals surface area contributed by atoms with Gasteiger partial charge < -0.3 is 4.40 Å². The molecular formula is C20H16N4. The minimum Gasteiger partial charge on any atom is -0.306 e. The molecule has 2 aromatic carbocycles. The Kier molecular flexibility index (Phi) is 3.63. The second kappa shape index (κ2) is 6.08. The van der Waals surface area contributed by atoms with Gasteiger partial charge in [-0.25, -0.2) is 4.98 Å². The number of benzene rings is 2. The number of azo groups is 1. The first-order valence-corrected chi connectivity index (χ1v) is 7.81. The van der Waals surface area contributed by atoms with Crippen LogP contribution in [0.25, 0.3) is 16.9 Å². The fraction of sp³-hybridized carbons (Fsp3) is 0.0500. The Morgan fingerprint density at radius 2 is 1.50 bits per heavy atom. The third-order valence-electron chi connectivity index (χ3n) is 3.88. The van der Waals surface area contributed by atoms with Crippen LogP contribution >= 0.6 is 0 Å². The number of rotatable bonds is 3. The molecule has 0 spiro atoms. The van der Waals surface area contributed by atoms with Crippen molar-refractivity contribution >= 4 is 17.0 Å². The summed E-state index contributed by atoms with van der Waals surface area (Å²) in [7, 11) is 0. The standard InChI is InChI=1S/C20H16N4/c1-15-6-5-13-24-14-19(21-20(15)24)16-9-11-18(12-10-16)23-22-17-7-3-2-4-8-17/h2-14H,1H3. The summed E-state index contributed by atoms with van der Waals surface area (Å²) in [5.74, 6) is 0. The molecule has 24 heavy (non-hydrogen) atoms. The first-order valence-electron chi connectivity index (χ1n) is 7.81. The average molecular weight is 312 g/mol. The number of pyridine rings is 1. The maximum Gasteiger partial charge on any atom is 0.140 e. The van der Waals surface area contributed by atoms with Crippen LogP contribution in [0.1, 0.15) is 5.56 Å². The van der Waals surface area contributed by atoms with Gasteiger partial charge in [0.15, 0.2) is 0 Å². The molecule has 2 aromatic heterocycles. The average Bonchev–Trinajstić information content (AvgIpc) is 3.07. The summed E-state index contributed by atoms with van der Waals surface area (Å²) in [6.45, 7) is 2.07. The lowest BCUT2D eigenvalue weighted by atomic mass is 10.1. The highest BCUT2D eigenvalue weighted by atomic mass is 15.1. The van der Waals surface area contributed by atoms with Crippen molar-refractivity contribution in [3.8, 4) is 11.3 Å². The number of imidazole rings is 1. The molecular weight excluding hydrogens is 296 g/mol. The Hall–Kier alpha value is -3.27. The maximum atomic E-state index is 4.71. The van der Waals surface area contributed by atoms with Crippen molar-refractivity contribution in [2.24, 2.45) is 10.2 Å². The highest BCUT2D eigenvalue weighted by Gasteiger charge is 2.05. The van der Waals surface area contributed by atoms with E-state index in [-0.39, 0.29) is 0 Å². The summed E-state index contributed by atoms with van der Waals surface area (Å²) in [5, 5.41) is 8.50. The molecule has 0 bridgehead atoms. The van der Waals surface area contributed by atoms with E-state index in [9.17, 15) is 0 Å². The summed E-state index contributed by atoms with van der Waals surface area (Å²) >= 11 is 0. The highest BCUT2D eigenvalue weighted by Crippen LogP contribution is 2.24. The van der Waals surface area contributed by atoms with E-state index in [0.717, 1.165) is 33.8 Å². The molecule has 0 saturated carbocycles. The van der Waals surface area contributed by atoms with Gasteiger partial charge in [-0.15, -0.1) is 0 Å². The van der Waals surface area contributed by atoms with E-state index in [1.54, 1.807) is 0 Å². The van der Waals surface area contributed by atoms with Crippen LogP contribution in [-0.2, 0) is 0 Å². The van der Waals surface area contributed by atoms with Crippen LogP contribution in [0.2, 0.25) is 0 Å². The molecule has 0 aliphatic rings. The lowest BCUT2D eigenvalue weighted by Gasteiger charge is -1.97. The van der Waals surface area contributed by atoms with Crippen molar-refractivity contribution in [2.45, 2.75) is 6.92 Å². The van der Waals surface area contributed by atoms with E-state index in [4.69, 9.17) is 4.98 Å². The molecule has 4 nitrogen and oxygen atoms in total. The van der Waals surface area contributed by atoms with Crippen LogP contribution < -0.4 is 0 Å². The quantitative estimate of drug-likeness (QED) is 0.446. The maximum absolute atomic E-state index is 4.71. The van der Waals surface area contributed by atoms with Crippen LogP contribution in [0, 0.1) is 6.92 Å². The van der Waals surface area contributed by atoms with Crippen LogP contribution in [0.15, 0.2) is 89.4 Å². The number of fused-ring (bicyclic) bond motifs is 1. The number of aryl methyl sites for hydroxylation is 1. The molecule has 4 heteroatoms. The van der Waals surface area contributed by atoms with Crippen LogP contribution in [0.5, 0.6) is 0 Å². The van der Waals surface area contributed by atoms with Crippen molar-refractivity contribution in [1.82, 2.24) is 9.38 Å². The van der Waals surface area contributed by atoms with Crippen molar-refractivity contribution in [1.29, 1.82) is 0 Å². The highest BCUT2D eigenvalue weighted by molar-refractivity contribution is 5.65. The van der Waals surface area contributed by atoms with Gasteiger partial charge in [0.1, 0.15) is 5.65 Å². The second-order valence-electron chi connectivity index (χ2n) is 5.63. The molecule has 2 heterocycles. The summed E-state index contributed by atoms with van der Waals surface area (Å²) in [5.41, 5.74) is 5.84. The Bertz CT molecular complexity index is 999. The zero-order valence-electron chi connectivity index (χ0n) is 13.3. The zero-order chi connectivity index (χ0) is 16.4. The lowest BCUT2D eigenvalue weighted by Crippen LogP contribution is -1.83. The van der Waals surface area contributed by atoms with Crippen molar-refractivity contribution in [2.75, 3.05) is 0 Å². The smallest absolute Gasteiger partial charge is 0.140 e. The van der Waals surface area contributed by atoms with Crippen molar-refractivity contribution in [3.05, 3.63) is 84.7 Å². The monoisotopic (exact) mass is 312 g/mol. The SMILES string of the molecule is Cc1cccn2cc(-c3ccc(N=Nc4ccccc4)cc3)nc12. The number of hydrogen-bond acceptors (Lipinski definition) is 3. The molecule has 0 aliphatic carbocycles. The van der Waals surface area contributed by atoms with E-state index in [1.807, 2.05) is 77.5 Å². The normalized spacial score (nSPS) is 11.4. The van der Waals surface area contributed by atoms with Crippen LogP contribution in [0.4, 0.5) is 11.4 Å². The first-order chi connectivity index (χ1) is 11.8. The Morgan fingerprint density at radius 1 is 0.792 bits per heavy atom. The number of aromatic nitrogens is 2. The van der Waals surface area contributed by atoms with Gasteiger partial charge >= 0.3 is 0 Å². The molecule has 0 N–H and O–H groups in total. The van der Waals surface area contributed by atoms with Gasteiger partial charge in [-0.3, -0.25) is 0 Å². The zero-order valence-corrected chi connectivity index (χ0v) is 13.3. The molecule has 0 unspecified atom stereocenters. The second-order valence-corrected chi connectivity index (χ2v) is 5.63. The molecule has 0 amide bonds. The van der Waals surface area contributed by atoms with Gasteiger partial charge in [0.05, 0.1) is 17.1 Å². The van der Waals surface area contributed by atoms with Gasteiger partial charge in [0.25, 0.3) is 0 Å². The van der Waals surface area contributed by atoms with Gasteiger partial charge in [0.2, 0.25) is 0 Å². The molecule has 116 valence electrons. The molecule has 0 saturated heterocycles. The minimum atomic E-state index is 0.822. The Labute approximate surface area is 140 Å². The molecule has 0 fully saturated rings. The molecule has 0 radical (unpaired) electrons. The van der Waals surface area contributed by atoms with Crippen LogP contribution in [-0.4, -0.2) is 9.38 Å². The van der Waals surface area contributed by atoms with Crippen molar-refractivity contribution in [3.63, 3.8) is 0 Å². The number of nitrogens with zero attached hydrogens (tertiary/aromatic N) is 4. The van der Waals surface area contributed by atoms with E-state index in [2.05, 4.69) is 23.2 Å². The molecule has 0 atom stereocenters. The van der Waals surface area contributed by atoms with E-state index in [0.29, 0.717) is 0 Å². The third-order valence-corrected chi connectivity index (χ3v) is 3.88. The largest absolute Gasteiger partial charge is 0.306 e. The van der Waals surface area contributed by atoms with E-state index >= 15 is 0 Å². The minimum absolute atomic E-state index is 0.822. The lowest BCUT2D eigenvalue weighted by molar-refractivity contribution is 1.16. The summed E-state index contributed by atoms with van der Waals surface area (Å²) < 4.78 is 2.05. The predicted molar refractivity (Wildman–Crippen MR) is 96.0 cm³/mol. The third kappa shape index (κ3) is 2.82. The molecule has 4 rings (SSSR count).